The molecule has 34 heavy (non-hydrogen) atoms. The number of hydrogen-bond donors (Lipinski definition) is 0. The van der Waals surface area contributed by atoms with Gasteiger partial charge in [0.05, 0.1) is 11.6 Å². The van der Waals surface area contributed by atoms with E-state index in [-0.39, 0.29) is 23.5 Å². The van der Waals surface area contributed by atoms with Crippen molar-refractivity contribution in [3.05, 3.63) is 59.7 Å². The first-order valence-corrected chi connectivity index (χ1v) is 13.1. The summed E-state index contributed by atoms with van der Waals surface area (Å²) in [6, 6.07) is 13.7. The van der Waals surface area contributed by atoms with Crippen molar-refractivity contribution in [2.75, 3.05) is 37.7 Å². The highest BCUT2D eigenvalue weighted by Crippen LogP contribution is 2.27. The monoisotopic (exact) mass is 484 g/mol. The molecule has 4 rings (SSSR count). The lowest BCUT2D eigenvalue weighted by Gasteiger charge is -2.35. The van der Waals surface area contributed by atoms with Crippen LogP contribution in [-0.4, -0.2) is 73.4 Å². The molecule has 2 aliphatic heterocycles. The number of amides is 3. The fourth-order valence-corrected chi connectivity index (χ4v) is 5.80. The highest BCUT2D eigenvalue weighted by molar-refractivity contribution is 7.89. The number of carbonyl (C=O) groups is 2. The van der Waals surface area contributed by atoms with Crippen molar-refractivity contribution in [3.63, 3.8) is 0 Å². The lowest BCUT2D eigenvalue weighted by molar-refractivity contribution is -0.128. The maximum Gasteiger partial charge on any atom is 0.333 e. The molecule has 0 saturated carbocycles. The number of benzene rings is 2. The van der Waals surface area contributed by atoms with Gasteiger partial charge in [-0.25, -0.2) is 18.1 Å². The SMILES string of the molecule is Cc1ccc(N2C(=O)N(CN3CCN(S(=O)(=O)c4ccc(C(C)C)cc4)CC3)C(=O)[C@@H]2C)cc1. The van der Waals surface area contributed by atoms with Crippen molar-refractivity contribution in [1.82, 2.24) is 14.1 Å². The highest BCUT2D eigenvalue weighted by Gasteiger charge is 2.44. The van der Waals surface area contributed by atoms with Gasteiger partial charge in [0.15, 0.2) is 0 Å². The van der Waals surface area contributed by atoms with Crippen LogP contribution in [0.3, 0.4) is 0 Å². The van der Waals surface area contributed by atoms with Crippen LogP contribution in [0.25, 0.3) is 0 Å². The van der Waals surface area contributed by atoms with Crippen molar-refractivity contribution < 1.29 is 18.0 Å². The van der Waals surface area contributed by atoms with Gasteiger partial charge in [-0.05, 0) is 49.6 Å². The molecule has 1 atom stereocenters. The quantitative estimate of drug-likeness (QED) is 0.588. The summed E-state index contributed by atoms with van der Waals surface area (Å²) in [5, 5.41) is 0. The number of piperazine rings is 1. The first kappa shape index (κ1) is 24.4. The molecule has 2 aromatic rings. The van der Waals surface area contributed by atoms with E-state index in [0.29, 0.717) is 37.8 Å². The number of imide groups is 1. The minimum atomic E-state index is -3.58. The number of carbonyl (C=O) groups excluding carboxylic acids is 2. The van der Waals surface area contributed by atoms with E-state index in [1.54, 1.807) is 19.1 Å². The van der Waals surface area contributed by atoms with Crippen LogP contribution in [0.4, 0.5) is 10.5 Å². The summed E-state index contributed by atoms with van der Waals surface area (Å²) in [5.74, 6) is 0.0897. The van der Waals surface area contributed by atoms with Crippen LogP contribution in [0.15, 0.2) is 53.4 Å². The van der Waals surface area contributed by atoms with Gasteiger partial charge in [0, 0.05) is 31.9 Å². The van der Waals surface area contributed by atoms with Crippen LogP contribution in [-0.2, 0) is 14.8 Å². The normalized spacial score (nSPS) is 20.6. The van der Waals surface area contributed by atoms with Crippen LogP contribution >= 0.6 is 0 Å². The van der Waals surface area contributed by atoms with Gasteiger partial charge in [-0.1, -0.05) is 43.7 Å². The second-order valence-corrected chi connectivity index (χ2v) is 11.3. The first-order valence-electron chi connectivity index (χ1n) is 11.6. The van der Waals surface area contributed by atoms with Crippen LogP contribution in [0.1, 0.15) is 37.8 Å². The molecule has 0 aliphatic carbocycles. The smallest absolute Gasteiger partial charge is 0.283 e. The molecule has 0 bridgehead atoms. The minimum Gasteiger partial charge on any atom is -0.283 e. The van der Waals surface area contributed by atoms with Crippen LogP contribution < -0.4 is 4.90 Å². The fourth-order valence-electron chi connectivity index (χ4n) is 4.38. The van der Waals surface area contributed by atoms with Gasteiger partial charge in [-0.2, -0.15) is 4.31 Å². The Morgan fingerprint density at radius 1 is 0.912 bits per heavy atom. The Bertz CT molecular complexity index is 1150. The van der Waals surface area contributed by atoms with Gasteiger partial charge in [0.25, 0.3) is 5.91 Å². The van der Waals surface area contributed by atoms with Crippen LogP contribution in [0, 0.1) is 6.92 Å². The van der Waals surface area contributed by atoms with Gasteiger partial charge in [-0.15, -0.1) is 0 Å². The van der Waals surface area contributed by atoms with E-state index in [9.17, 15) is 18.0 Å². The average molecular weight is 485 g/mol. The summed E-state index contributed by atoms with van der Waals surface area (Å²) >= 11 is 0. The van der Waals surface area contributed by atoms with Crippen molar-refractivity contribution in [3.8, 4) is 0 Å². The Hall–Kier alpha value is -2.75. The molecule has 9 heteroatoms. The summed E-state index contributed by atoms with van der Waals surface area (Å²) < 4.78 is 27.6. The molecule has 2 fully saturated rings. The van der Waals surface area contributed by atoms with E-state index in [2.05, 4.69) is 13.8 Å². The number of aryl methyl sites for hydroxylation is 1. The number of rotatable bonds is 6. The van der Waals surface area contributed by atoms with E-state index in [4.69, 9.17) is 0 Å². The summed E-state index contributed by atoms with van der Waals surface area (Å²) in [6.45, 7) is 9.49. The van der Waals surface area contributed by atoms with Gasteiger partial charge in [-0.3, -0.25) is 14.6 Å². The molecule has 2 heterocycles. The Morgan fingerprint density at radius 3 is 2.06 bits per heavy atom. The predicted octanol–water partition coefficient (Wildman–Crippen LogP) is 3.24. The number of anilines is 1. The molecular formula is C25H32N4O4S. The lowest BCUT2D eigenvalue weighted by Crippen LogP contribution is -2.52. The first-order chi connectivity index (χ1) is 16.1. The van der Waals surface area contributed by atoms with Crippen molar-refractivity contribution in [2.24, 2.45) is 0 Å². The van der Waals surface area contributed by atoms with Crippen LogP contribution in [0.5, 0.6) is 0 Å². The van der Waals surface area contributed by atoms with E-state index in [1.165, 1.54) is 14.1 Å². The molecule has 2 aromatic carbocycles. The molecular weight excluding hydrogens is 452 g/mol. The minimum absolute atomic E-state index is 0.154. The number of urea groups is 1. The van der Waals surface area contributed by atoms with Crippen molar-refractivity contribution in [2.45, 2.75) is 44.6 Å². The summed E-state index contributed by atoms with van der Waals surface area (Å²) in [7, 11) is -3.58. The van der Waals surface area contributed by atoms with Gasteiger partial charge >= 0.3 is 6.03 Å². The third kappa shape index (κ3) is 4.60. The summed E-state index contributed by atoms with van der Waals surface area (Å²) in [4.78, 5) is 30.9. The Labute approximate surface area is 201 Å². The highest BCUT2D eigenvalue weighted by atomic mass is 32.2. The second kappa shape index (κ2) is 9.48. The largest absolute Gasteiger partial charge is 0.333 e. The van der Waals surface area contributed by atoms with E-state index < -0.39 is 16.1 Å². The molecule has 0 radical (unpaired) electrons. The van der Waals surface area contributed by atoms with E-state index in [0.717, 1.165) is 11.1 Å². The third-order valence-corrected chi connectivity index (χ3v) is 8.53. The van der Waals surface area contributed by atoms with E-state index in [1.807, 2.05) is 48.2 Å². The zero-order chi connectivity index (χ0) is 24.6. The molecule has 2 saturated heterocycles. The molecule has 0 N–H and O–H groups in total. The molecule has 182 valence electrons. The predicted molar refractivity (Wildman–Crippen MR) is 131 cm³/mol. The Morgan fingerprint density at radius 2 is 1.50 bits per heavy atom. The van der Waals surface area contributed by atoms with E-state index >= 15 is 0 Å². The number of nitrogens with zero attached hydrogens (tertiary/aromatic N) is 4. The fraction of sp³-hybridized carbons (Fsp3) is 0.440. The van der Waals surface area contributed by atoms with Gasteiger partial charge in [0.1, 0.15) is 6.04 Å². The molecule has 2 aliphatic rings. The topological polar surface area (TPSA) is 81.2 Å². The number of hydrogen-bond acceptors (Lipinski definition) is 5. The summed E-state index contributed by atoms with van der Waals surface area (Å²) in [6.07, 6.45) is 0. The van der Waals surface area contributed by atoms with Crippen molar-refractivity contribution in [1.29, 1.82) is 0 Å². The van der Waals surface area contributed by atoms with Crippen LogP contribution in [0.2, 0.25) is 0 Å². The molecule has 0 spiro atoms. The zero-order valence-electron chi connectivity index (χ0n) is 20.1. The van der Waals surface area contributed by atoms with Gasteiger partial charge in [0.2, 0.25) is 10.0 Å². The lowest BCUT2D eigenvalue weighted by atomic mass is 10.0. The second-order valence-electron chi connectivity index (χ2n) is 9.32. The zero-order valence-corrected chi connectivity index (χ0v) is 21.0. The summed E-state index contributed by atoms with van der Waals surface area (Å²) in [5.41, 5.74) is 2.87. The Balaban J connectivity index is 1.39. The Kier molecular flexibility index (Phi) is 6.80. The number of sulfonamides is 1. The van der Waals surface area contributed by atoms with Gasteiger partial charge < -0.3 is 0 Å². The maximum absolute atomic E-state index is 13.1. The standard InChI is InChI=1S/C25H32N4O4S/c1-18(2)21-7-11-23(12-8-21)34(32,33)27-15-13-26(14-16-27)17-28-24(30)20(4)29(25(28)31)22-9-5-19(3)6-10-22/h5-12,18,20H,13-17H2,1-4H3/t20-/m0/s1. The molecule has 0 aromatic heterocycles. The maximum atomic E-state index is 13.1. The third-order valence-electron chi connectivity index (χ3n) is 6.62. The average Bonchev–Trinajstić information content (AvgIpc) is 3.03. The molecule has 0 unspecified atom stereocenters. The molecule has 3 amide bonds. The molecule has 8 nitrogen and oxygen atoms in total. The van der Waals surface area contributed by atoms with Crippen molar-refractivity contribution >= 4 is 27.6 Å².